The number of carbonyl (C=O) groups is 1. The molecule has 27 heavy (non-hydrogen) atoms. The lowest BCUT2D eigenvalue weighted by atomic mass is 10.1. The van der Waals surface area contributed by atoms with Crippen molar-refractivity contribution in [1.29, 1.82) is 0 Å². The second-order valence-corrected chi connectivity index (χ2v) is 6.94. The van der Waals surface area contributed by atoms with E-state index < -0.39 is 0 Å². The third-order valence-electron chi connectivity index (χ3n) is 3.99. The predicted octanol–water partition coefficient (Wildman–Crippen LogP) is 4.09. The van der Waals surface area contributed by atoms with Gasteiger partial charge in [0.2, 0.25) is 0 Å². The summed E-state index contributed by atoms with van der Waals surface area (Å²) in [5, 5.41) is 14.6. The van der Waals surface area contributed by atoms with Crippen molar-refractivity contribution >= 4 is 39.0 Å². The van der Waals surface area contributed by atoms with Gasteiger partial charge in [-0.25, -0.2) is 5.43 Å². The molecular formula is C20H18BrN3O3. The highest BCUT2D eigenvalue weighted by Gasteiger charge is 2.12. The summed E-state index contributed by atoms with van der Waals surface area (Å²) in [6, 6.07) is 10.8. The molecule has 0 atom stereocenters. The number of halogens is 1. The molecule has 0 unspecified atom stereocenters. The first-order chi connectivity index (χ1) is 12.9. The highest BCUT2D eigenvalue weighted by molar-refractivity contribution is 9.10. The van der Waals surface area contributed by atoms with Crippen molar-refractivity contribution in [3.63, 3.8) is 0 Å². The number of hydrogen-bond donors (Lipinski definition) is 2. The van der Waals surface area contributed by atoms with Crippen molar-refractivity contribution in [3.05, 3.63) is 63.3 Å². The van der Waals surface area contributed by atoms with Crippen molar-refractivity contribution < 1.29 is 14.6 Å². The lowest BCUT2D eigenvalue weighted by Gasteiger charge is -2.08. The molecule has 0 radical (unpaired) electrons. The van der Waals surface area contributed by atoms with E-state index in [9.17, 15) is 9.90 Å². The number of phenolic OH excluding ortho intramolecular Hbond substituents is 1. The lowest BCUT2D eigenvalue weighted by molar-refractivity contribution is 0.0956. The van der Waals surface area contributed by atoms with Gasteiger partial charge in [0, 0.05) is 11.1 Å². The Morgan fingerprint density at radius 3 is 2.78 bits per heavy atom. The van der Waals surface area contributed by atoms with Crippen LogP contribution in [0.15, 0.2) is 46.0 Å². The molecule has 0 saturated carbocycles. The van der Waals surface area contributed by atoms with Crippen LogP contribution in [-0.4, -0.2) is 29.3 Å². The number of phenols is 1. The number of nitrogens with one attached hydrogen (secondary N) is 1. The maximum atomic E-state index is 12.6. The predicted molar refractivity (Wildman–Crippen MR) is 109 cm³/mol. The summed E-state index contributed by atoms with van der Waals surface area (Å²) < 4.78 is 5.57. The van der Waals surface area contributed by atoms with Crippen molar-refractivity contribution in [3.8, 4) is 11.5 Å². The van der Waals surface area contributed by atoms with Crippen LogP contribution in [0.25, 0.3) is 10.9 Å². The third kappa shape index (κ3) is 4.09. The van der Waals surface area contributed by atoms with E-state index >= 15 is 0 Å². The molecule has 7 heteroatoms. The Balaban J connectivity index is 1.86. The van der Waals surface area contributed by atoms with Gasteiger partial charge in [0.15, 0.2) is 11.5 Å². The summed E-state index contributed by atoms with van der Waals surface area (Å²) in [5.41, 5.74) is 6.29. The Hall–Kier alpha value is -2.93. The van der Waals surface area contributed by atoms with Crippen molar-refractivity contribution in [1.82, 2.24) is 10.4 Å². The molecule has 1 amide bonds. The van der Waals surface area contributed by atoms with Gasteiger partial charge in [-0.05, 0) is 65.7 Å². The zero-order chi connectivity index (χ0) is 19.6. The Labute approximate surface area is 165 Å². The second kappa shape index (κ2) is 7.75. The average Bonchev–Trinajstić information content (AvgIpc) is 2.64. The molecular weight excluding hydrogens is 410 g/mol. The quantitative estimate of drug-likeness (QED) is 0.484. The molecule has 6 nitrogen and oxygen atoms in total. The molecule has 0 aliphatic rings. The molecule has 0 spiro atoms. The fraction of sp³-hybridized carbons (Fsp3) is 0.150. The zero-order valence-electron chi connectivity index (χ0n) is 15.1. The van der Waals surface area contributed by atoms with E-state index in [1.165, 1.54) is 13.3 Å². The fourth-order valence-electron chi connectivity index (χ4n) is 2.71. The van der Waals surface area contributed by atoms with Crippen molar-refractivity contribution in [2.75, 3.05) is 7.11 Å². The number of aryl methyl sites for hydroxylation is 2. The van der Waals surface area contributed by atoms with Gasteiger partial charge in [-0.3, -0.25) is 9.78 Å². The number of methoxy groups -OCH3 is 1. The molecule has 2 N–H and O–H groups in total. The normalized spacial score (nSPS) is 11.1. The smallest absolute Gasteiger partial charge is 0.272 e. The number of nitrogens with zero attached hydrogens (tertiary/aromatic N) is 2. The molecule has 0 bridgehead atoms. The summed E-state index contributed by atoms with van der Waals surface area (Å²) in [7, 11) is 1.46. The number of carbonyl (C=O) groups excluding carboxylic acids is 1. The van der Waals surface area contributed by atoms with Gasteiger partial charge in [0.05, 0.1) is 28.9 Å². The van der Waals surface area contributed by atoms with E-state index in [4.69, 9.17) is 4.74 Å². The van der Waals surface area contributed by atoms with Gasteiger partial charge in [-0.2, -0.15) is 5.10 Å². The third-order valence-corrected chi connectivity index (χ3v) is 4.59. The molecule has 1 aromatic heterocycles. The van der Waals surface area contributed by atoms with E-state index in [0.29, 0.717) is 21.3 Å². The first kappa shape index (κ1) is 18.8. The first-order valence-electron chi connectivity index (χ1n) is 8.17. The molecule has 2 aromatic carbocycles. The molecule has 0 saturated heterocycles. The standard InChI is InChI=1S/C20H18BrN3O3/c1-11-4-5-17-14(6-11)15(7-12(2)23-17)20(26)24-22-10-13-8-16(21)19(25)18(9-13)27-3/h4-10,25H,1-3H3,(H,24,26)/b22-10+. The van der Waals surface area contributed by atoms with Gasteiger partial charge in [-0.15, -0.1) is 0 Å². The van der Waals surface area contributed by atoms with E-state index in [0.717, 1.165) is 22.2 Å². The number of benzene rings is 2. The van der Waals surface area contributed by atoms with Gasteiger partial charge < -0.3 is 9.84 Å². The van der Waals surface area contributed by atoms with Gasteiger partial charge in [0.1, 0.15) is 0 Å². The van der Waals surface area contributed by atoms with Crippen LogP contribution in [0.2, 0.25) is 0 Å². The minimum Gasteiger partial charge on any atom is -0.503 e. The summed E-state index contributed by atoms with van der Waals surface area (Å²) in [6.07, 6.45) is 1.48. The largest absolute Gasteiger partial charge is 0.503 e. The average molecular weight is 428 g/mol. The van der Waals surface area contributed by atoms with Crippen LogP contribution in [-0.2, 0) is 0 Å². The van der Waals surface area contributed by atoms with Crippen LogP contribution in [0.1, 0.15) is 27.2 Å². The van der Waals surface area contributed by atoms with Gasteiger partial charge >= 0.3 is 0 Å². The number of ether oxygens (including phenoxy) is 1. The Morgan fingerprint density at radius 1 is 1.26 bits per heavy atom. The van der Waals surface area contributed by atoms with Gasteiger partial charge in [-0.1, -0.05) is 11.6 Å². The molecule has 3 aromatic rings. The summed E-state index contributed by atoms with van der Waals surface area (Å²) >= 11 is 3.25. The topological polar surface area (TPSA) is 83.8 Å². The first-order valence-corrected chi connectivity index (χ1v) is 8.96. The van der Waals surface area contributed by atoms with E-state index in [2.05, 4.69) is 31.4 Å². The number of pyridine rings is 1. The second-order valence-electron chi connectivity index (χ2n) is 6.08. The molecule has 0 aliphatic heterocycles. The molecule has 138 valence electrons. The van der Waals surface area contributed by atoms with Crippen LogP contribution in [0.3, 0.4) is 0 Å². The maximum Gasteiger partial charge on any atom is 0.272 e. The Bertz CT molecular complexity index is 1060. The Morgan fingerprint density at radius 2 is 2.04 bits per heavy atom. The summed E-state index contributed by atoms with van der Waals surface area (Å²) in [4.78, 5) is 17.1. The minimum atomic E-state index is -0.322. The van der Waals surface area contributed by atoms with Crippen LogP contribution >= 0.6 is 15.9 Å². The molecule has 0 aliphatic carbocycles. The highest BCUT2D eigenvalue weighted by atomic mass is 79.9. The fourth-order valence-corrected chi connectivity index (χ4v) is 3.17. The number of fused-ring (bicyclic) bond motifs is 1. The van der Waals surface area contributed by atoms with Crippen molar-refractivity contribution in [2.45, 2.75) is 13.8 Å². The minimum absolute atomic E-state index is 0.00721. The number of aromatic nitrogens is 1. The highest BCUT2D eigenvalue weighted by Crippen LogP contribution is 2.34. The Kier molecular flexibility index (Phi) is 5.41. The number of hydrogen-bond acceptors (Lipinski definition) is 5. The van der Waals surface area contributed by atoms with E-state index in [-0.39, 0.29) is 11.7 Å². The number of amides is 1. The molecule has 0 fully saturated rings. The molecule has 3 rings (SSSR count). The summed E-state index contributed by atoms with van der Waals surface area (Å²) in [6.45, 7) is 3.81. The van der Waals surface area contributed by atoms with Crippen LogP contribution in [0.5, 0.6) is 11.5 Å². The number of rotatable bonds is 4. The van der Waals surface area contributed by atoms with Gasteiger partial charge in [0.25, 0.3) is 5.91 Å². The SMILES string of the molecule is COc1cc(/C=N/NC(=O)c2cc(C)nc3ccc(C)cc23)cc(Br)c1O. The van der Waals surface area contributed by atoms with E-state index in [1.54, 1.807) is 18.2 Å². The van der Waals surface area contributed by atoms with Crippen LogP contribution in [0.4, 0.5) is 0 Å². The summed E-state index contributed by atoms with van der Waals surface area (Å²) in [5.74, 6) is -0.00618. The number of aromatic hydroxyl groups is 1. The van der Waals surface area contributed by atoms with Crippen LogP contribution < -0.4 is 10.2 Å². The number of hydrazone groups is 1. The zero-order valence-corrected chi connectivity index (χ0v) is 16.7. The van der Waals surface area contributed by atoms with E-state index in [1.807, 2.05) is 32.0 Å². The monoisotopic (exact) mass is 427 g/mol. The lowest BCUT2D eigenvalue weighted by Crippen LogP contribution is -2.18. The molecule has 1 heterocycles. The van der Waals surface area contributed by atoms with Crippen molar-refractivity contribution in [2.24, 2.45) is 5.10 Å². The maximum absolute atomic E-state index is 12.6. The van der Waals surface area contributed by atoms with Crippen LogP contribution in [0, 0.1) is 13.8 Å².